The van der Waals surface area contributed by atoms with Gasteiger partial charge in [-0.1, -0.05) is 68.0 Å². The van der Waals surface area contributed by atoms with E-state index in [2.05, 4.69) is 13.8 Å². The number of carbonyl (C=O) groups excluding carboxylic acids is 1. The average Bonchev–Trinajstić information content (AvgIpc) is 3.17. The van der Waals surface area contributed by atoms with Gasteiger partial charge in [-0.05, 0) is 36.5 Å². The molecule has 1 fully saturated rings. The van der Waals surface area contributed by atoms with E-state index in [1.165, 1.54) is 0 Å². The lowest BCUT2D eigenvalue weighted by Gasteiger charge is -2.32. The lowest BCUT2D eigenvalue weighted by Crippen LogP contribution is -2.43. The van der Waals surface area contributed by atoms with Gasteiger partial charge < -0.3 is 9.47 Å². The normalized spacial score (nSPS) is 25.1. The molecule has 3 atom stereocenters. The Balaban J connectivity index is 1.86. The van der Waals surface area contributed by atoms with Gasteiger partial charge in [0.2, 0.25) is 0 Å². The molecular weight excluding hydrogens is 412 g/mol. The predicted molar refractivity (Wildman–Crippen MR) is 119 cm³/mol. The predicted octanol–water partition coefficient (Wildman–Crippen LogP) is 4.29. The maximum Gasteiger partial charge on any atom is 0.189 e. The van der Waals surface area contributed by atoms with Crippen molar-refractivity contribution in [3.05, 3.63) is 71.8 Å². The second-order valence-corrected chi connectivity index (χ2v) is 10.9. The molecule has 0 amide bonds. The van der Waals surface area contributed by atoms with Crippen LogP contribution in [0.1, 0.15) is 32.8 Å². The number of rotatable bonds is 7. The highest BCUT2D eigenvalue weighted by molar-refractivity contribution is 7.93. The number of ether oxygens (including phenoxy) is 2. The van der Waals surface area contributed by atoms with Gasteiger partial charge >= 0.3 is 0 Å². The van der Waals surface area contributed by atoms with Crippen LogP contribution in [0.3, 0.4) is 0 Å². The summed E-state index contributed by atoms with van der Waals surface area (Å²) in [7, 11) is -3.91. The highest BCUT2D eigenvalue weighted by Gasteiger charge is 2.60. The number of sulfone groups is 1. The number of allylic oxidation sites excluding steroid dienone is 1. The van der Waals surface area contributed by atoms with Crippen molar-refractivity contribution in [3.8, 4) is 0 Å². The fraction of sp³-hybridized carbons (Fsp3) is 0.400. The van der Waals surface area contributed by atoms with Gasteiger partial charge in [0.05, 0.1) is 11.0 Å². The van der Waals surface area contributed by atoms with E-state index in [1.807, 2.05) is 37.3 Å². The number of ketones is 1. The van der Waals surface area contributed by atoms with Gasteiger partial charge in [0.25, 0.3) is 0 Å². The summed E-state index contributed by atoms with van der Waals surface area (Å²) in [6, 6.07) is 17.6. The fourth-order valence-corrected chi connectivity index (χ4v) is 6.92. The number of Topliss-reactive ketones (excluding diaryl/α,β-unsaturated/α-hetero) is 1. The quantitative estimate of drug-likeness (QED) is 0.475. The van der Waals surface area contributed by atoms with E-state index in [1.54, 1.807) is 30.3 Å². The molecule has 0 N–H and O–H groups in total. The Morgan fingerprint density at radius 3 is 2.23 bits per heavy atom. The first kappa shape index (κ1) is 21.9. The van der Waals surface area contributed by atoms with Crippen molar-refractivity contribution in [1.29, 1.82) is 0 Å². The van der Waals surface area contributed by atoms with Crippen LogP contribution in [0, 0.1) is 11.3 Å². The summed E-state index contributed by atoms with van der Waals surface area (Å²) in [5.41, 5.74) is 1.85. The Kier molecular flexibility index (Phi) is 5.90. The van der Waals surface area contributed by atoms with Crippen molar-refractivity contribution in [2.75, 3.05) is 13.4 Å². The molecule has 4 rings (SSSR count). The minimum Gasteiger partial charge on any atom is -0.356 e. The Morgan fingerprint density at radius 2 is 1.61 bits per heavy atom. The minimum atomic E-state index is -3.91. The van der Waals surface area contributed by atoms with Crippen LogP contribution < -0.4 is 0 Å². The van der Waals surface area contributed by atoms with Gasteiger partial charge in [-0.15, -0.1) is 0 Å². The zero-order valence-corrected chi connectivity index (χ0v) is 18.9. The molecule has 6 heteroatoms. The smallest absolute Gasteiger partial charge is 0.189 e. The van der Waals surface area contributed by atoms with Crippen molar-refractivity contribution >= 4 is 21.2 Å². The molecule has 0 unspecified atom stereocenters. The van der Waals surface area contributed by atoms with Crippen molar-refractivity contribution in [3.63, 3.8) is 0 Å². The second kappa shape index (κ2) is 8.34. The van der Waals surface area contributed by atoms with Gasteiger partial charge in [-0.25, -0.2) is 8.42 Å². The summed E-state index contributed by atoms with van der Waals surface area (Å²) in [6.07, 6.45) is 0.160. The van der Waals surface area contributed by atoms with Crippen LogP contribution in [-0.2, 0) is 24.1 Å². The SMILES string of the molecule is CCOCO[C@H]1[C@H]2C(=C(c3ccccc3)C(=O)[C@@H]2S(=O)(=O)c2ccccc2)CC1(C)C. The molecule has 0 spiro atoms. The molecule has 0 saturated heterocycles. The summed E-state index contributed by atoms with van der Waals surface area (Å²) in [4.78, 5) is 13.9. The van der Waals surface area contributed by atoms with E-state index in [-0.39, 0.29) is 22.9 Å². The van der Waals surface area contributed by atoms with Gasteiger partial charge in [-0.3, -0.25) is 4.79 Å². The molecule has 0 aliphatic heterocycles. The number of carbonyl (C=O) groups is 1. The van der Waals surface area contributed by atoms with Crippen LogP contribution in [0.15, 0.2) is 71.1 Å². The van der Waals surface area contributed by atoms with Gasteiger partial charge in [0.1, 0.15) is 12.0 Å². The zero-order chi connectivity index (χ0) is 22.2. The van der Waals surface area contributed by atoms with E-state index in [4.69, 9.17) is 9.47 Å². The van der Waals surface area contributed by atoms with Gasteiger partial charge in [0.15, 0.2) is 15.6 Å². The molecule has 0 heterocycles. The van der Waals surface area contributed by atoms with Crippen molar-refractivity contribution < 1.29 is 22.7 Å². The monoisotopic (exact) mass is 440 g/mol. The van der Waals surface area contributed by atoms with Crippen molar-refractivity contribution in [2.24, 2.45) is 11.3 Å². The highest BCUT2D eigenvalue weighted by atomic mass is 32.2. The van der Waals surface area contributed by atoms with E-state index >= 15 is 0 Å². The molecule has 0 bridgehead atoms. The molecule has 2 aromatic carbocycles. The van der Waals surface area contributed by atoms with E-state index in [0.29, 0.717) is 18.6 Å². The second-order valence-electron chi connectivity index (χ2n) is 8.80. The molecule has 31 heavy (non-hydrogen) atoms. The Bertz CT molecular complexity index is 1090. The number of hydrogen-bond donors (Lipinski definition) is 0. The van der Waals surface area contributed by atoms with E-state index in [9.17, 15) is 13.2 Å². The highest BCUT2D eigenvalue weighted by Crippen LogP contribution is 2.56. The third-order valence-corrected chi connectivity index (χ3v) is 8.41. The lowest BCUT2D eigenvalue weighted by molar-refractivity contribution is -0.129. The molecule has 1 saturated carbocycles. The van der Waals surface area contributed by atoms with Crippen LogP contribution in [0.4, 0.5) is 0 Å². The summed E-state index contributed by atoms with van der Waals surface area (Å²) in [6.45, 7) is 6.58. The van der Waals surface area contributed by atoms with Crippen LogP contribution in [-0.4, -0.2) is 39.0 Å². The standard InChI is InChI=1S/C25H28O5S/c1-4-29-16-30-24-21-19(15-25(24,2)3)20(17-11-7-5-8-12-17)22(26)23(21)31(27,28)18-13-9-6-10-14-18/h5-14,21,23-24H,4,15-16H2,1-3H3/t21-,23+,24-/m0/s1. The van der Waals surface area contributed by atoms with Crippen molar-refractivity contribution in [2.45, 2.75) is 43.4 Å². The van der Waals surface area contributed by atoms with Crippen molar-refractivity contribution in [1.82, 2.24) is 0 Å². The third kappa shape index (κ3) is 3.77. The Hall–Kier alpha value is -2.28. The first-order chi connectivity index (χ1) is 14.8. The molecular formula is C25H28O5S. The van der Waals surface area contributed by atoms with Gasteiger partial charge in [0, 0.05) is 18.1 Å². The van der Waals surface area contributed by atoms with Crippen LogP contribution in [0.25, 0.3) is 5.57 Å². The van der Waals surface area contributed by atoms with Crippen LogP contribution in [0.2, 0.25) is 0 Å². The Labute approximate surface area is 184 Å². The molecule has 0 radical (unpaired) electrons. The average molecular weight is 441 g/mol. The number of benzene rings is 2. The van der Waals surface area contributed by atoms with Crippen LogP contribution in [0.5, 0.6) is 0 Å². The summed E-state index contributed by atoms with van der Waals surface area (Å²) >= 11 is 0. The first-order valence-electron chi connectivity index (χ1n) is 10.6. The maximum absolute atomic E-state index is 13.7. The molecule has 2 aliphatic rings. The number of fused-ring (bicyclic) bond motifs is 1. The molecule has 0 aromatic heterocycles. The first-order valence-corrected chi connectivity index (χ1v) is 12.1. The molecule has 2 aromatic rings. The molecule has 164 valence electrons. The summed E-state index contributed by atoms with van der Waals surface area (Å²) in [5, 5.41) is -1.20. The van der Waals surface area contributed by atoms with E-state index in [0.717, 1.165) is 11.1 Å². The molecule has 2 aliphatic carbocycles. The maximum atomic E-state index is 13.7. The summed E-state index contributed by atoms with van der Waals surface area (Å²) in [5.74, 6) is -0.876. The van der Waals surface area contributed by atoms with E-state index < -0.39 is 27.1 Å². The largest absolute Gasteiger partial charge is 0.356 e. The van der Waals surface area contributed by atoms with Crippen LogP contribution >= 0.6 is 0 Å². The van der Waals surface area contributed by atoms with Gasteiger partial charge in [-0.2, -0.15) is 0 Å². The number of hydrogen-bond acceptors (Lipinski definition) is 5. The molecule has 5 nitrogen and oxygen atoms in total. The Morgan fingerprint density at radius 1 is 1.00 bits per heavy atom. The zero-order valence-electron chi connectivity index (χ0n) is 18.1. The summed E-state index contributed by atoms with van der Waals surface area (Å²) < 4.78 is 38.9. The third-order valence-electron chi connectivity index (χ3n) is 6.30. The topological polar surface area (TPSA) is 69.7 Å². The fourth-order valence-electron chi connectivity index (χ4n) is 5.00. The minimum absolute atomic E-state index is 0.0708. The lowest BCUT2D eigenvalue weighted by atomic mass is 9.85.